The molecule has 1 atom stereocenters. The van der Waals surface area contributed by atoms with E-state index in [-0.39, 0.29) is 36.4 Å². The molecule has 144 valence electrons. The van der Waals surface area contributed by atoms with Crippen LogP contribution in [0.25, 0.3) is 0 Å². The second-order valence-corrected chi connectivity index (χ2v) is 6.75. The standard InChI is InChI=1S/C16H19ClF4N2.2ClH/c17-13-9-11(16(19,20)21)8-12(15(13)18)14(7-10-1-2-10)23-5-3-22-4-6-23;;/h8-10,14,22H,1-7H2;2*1H/t14-;;/m0../s1. The molecule has 1 aromatic rings. The van der Waals surface area contributed by atoms with Crippen molar-refractivity contribution in [3.8, 4) is 0 Å². The van der Waals surface area contributed by atoms with Crippen molar-refractivity contribution in [3.63, 3.8) is 0 Å². The van der Waals surface area contributed by atoms with E-state index in [2.05, 4.69) is 10.2 Å². The summed E-state index contributed by atoms with van der Waals surface area (Å²) in [5.74, 6) is -0.244. The fourth-order valence-corrected chi connectivity index (χ4v) is 3.38. The summed E-state index contributed by atoms with van der Waals surface area (Å²) >= 11 is 5.75. The van der Waals surface area contributed by atoms with E-state index in [1.54, 1.807) is 0 Å². The Morgan fingerprint density at radius 1 is 1.16 bits per heavy atom. The van der Waals surface area contributed by atoms with Gasteiger partial charge >= 0.3 is 6.18 Å². The Hall–Kier alpha value is -0.270. The van der Waals surface area contributed by atoms with E-state index in [1.165, 1.54) is 0 Å². The van der Waals surface area contributed by atoms with Crippen molar-refractivity contribution in [2.45, 2.75) is 31.5 Å². The molecule has 2 nitrogen and oxygen atoms in total. The second kappa shape index (κ2) is 9.09. The van der Waals surface area contributed by atoms with Crippen LogP contribution in [0.2, 0.25) is 5.02 Å². The Balaban J connectivity index is 0.00000156. The minimum absolute atomic E-state index is 0. The van der Waals surface area contributed by atoms with Gasteiger partial charge in [-0.1, -0.05) is 24.4 Å². The molecule has 1 saturated heterocycles. The van der Waals surface area contributed by atoms with Crippen molar-refractivity contribution in [3.05, 3.63) is 34.1 Å². The summed E-state index contributed by atoms with van der Waals surface area (Å²) < 4.78 is 53.7. The van der Waals surface area contributed by atoms with Gasteiger partial charge in [0.2, 0.25) is 0 Å². The van der Waals surface area contributed by atoms with Gasteiger partial charge < -0.3 is 5.32 Å². The van der Waals surface area contributed by atoms with Crippen LogP contribution >= 0.6 is 36.4 Å². The molecule has 25 heavy (non-hydrogen) atoms. The van der Waals surface area contributed by atoms with Crippen molar-refractivity contribution >= 4 is 36.4 Å². The van der Waals surface area contributed by atoms with Crippen LogP contribution in [0.3, 0.4) is 0 Å². The van der Waals surface area contributed by atoms with Crippen LogP contribution in [0.1, 0.15) is 36.4 Å². The van der Waals surface area contributed by atoms with Crippen LogP contribution in [-0.2, 0) is 6.18 Å². The van der Waals surface area contributed by atoms with Gasteiger partial charge in [-0.15, -0.1) is 24.8 Å². The molecule has 3 rings (SSSR count). The van der Waals surface area contributed by atoms with Gasteiger partial charge in [-0.3, -0.25) is 4.90 Å². The van der Waals surface area contributed by atoms with E-state index in [1.807, 2.05) is 0 Å². The largest absolute Gasteiger partial charge is 0.416 e. The summed E-state index contributed by atoms with van der Waals surface area (Å²) in [7, 11) is 0. The molecule has 1 aromatic carbocycles. The van der Waals surface area contributed by atoms with Crippen molar-refractivity contribution in [2.75, 3.05) is 26.2 Å². The lowest BCUT2D eigenvalue weighted by molar-refractivity contribution is -0.137. The van der Waals surface area contributed by atoms with Crippen LogP contribution in [0.4, 0.5) is 17.6 Å². The van der Waals surface area contributed by atoms with Crippen molar-refractivity contribution in [2.24, 2.45) is 5.92 Å². The molecule has 0 bridgehead atoms. The van der Waals surface area contributed by atoms with Gasteiger partial charge in [0, 0.05) is 37.8 Å². The van der Waals surface area contributed by atoms with E-state index in [4.69, 9.17) is 11.6 Å². The van der Waals surface area contributed by atoms with Gasteiger partial charge in [0.25, 0.3) is 0 Å². The Morgan fingerprint density at radius 2 is 1.76 bits per heavy atom. The first kappa shape index (κ1) is 22.8. The van der Waals surface area contributed by atoms with Crippen molar-refractivity contribution in [1.29, 1.82) is 0 Å². The maximum Gasteiger partial charge on any atom is 0.416 e. The highest BCUT2D eigenvalue weighted by molar-refractivity contribution is 6.30. The molecule has 0 spiro atoms. The first-order valence-electron chi connectivity index (χ1n) is 7.87. The highest BCUT2D eigenvalue weighted by Gasteiger charge is 2.36. The van der Waals surface area contributed by atoms with Crippen LogP contribution in [0.15, 0.2) is 12.1 Å². The lowest BCUT2D eigenvalue weighted by Crippen LogP contribution is -2.45. The van der Waals surface area contributed by atoms with Crippen molar-refractivity contribution in [1.82, 2.24) is 10.2 Å². The van der Waals surface area contributed by atoms with Gasteiger partial charge in [-0.2, -0.15) is 13.2 Å². The number of alkyl halides is 3. The molecule has 9 heteroatoms. The monoisotopic (exact) mass is 422 g/mol. The van der Waals surface area contributed by atoms with Gasteiger partial charge in [0.15, 0.2) is 0 Å². The van der Waals surface area contributed by atoms with Gasteiger partial charge in [0.1, 0.15) is 5.82 Å². The minimum Gasteiger partial charge on any atom is -0.314 e. The van der Waals surface area contributed by atoms with E-state index >= 15 is 0 Å². The second-order valence-electron chi connectivity index (χ2n) is 6.34. The van der Waals surface area contributed by atoms with E-state index < -0.39 is 22.6 Å². The molecule has 2 fully saturated rings. The molecule has 0 unspecified atom stereocenters. The number of nitrogens with zero attached hydrogens (tertiary/aromatic N) is 1. The Bertz CT molecular complexity index is 573. The predicted octanol–water partition coefficient (Wildman–Crippen LogP) is 5.09. The van der Waals surface area contributed by atoms with Crippen LogP contribution in [-0.4, -0.2) is 31.1 Å². The third-order valence-corrected chi connectivity index (χ3v) is 4.86. The number of rotatable bonds is 4. The first-order chi connectivity index (χ1) is 10.9. The molecule has 2 aliphatic rings. The van der Waals surface area contributed by atoms with Gasteiger partial charge in [0.05, 0.1) is 10.6 Å². The van der Waals surface area contributed by atoms with Crippen LogP contribution in [0.5, 0.6) is 0 Å². The zero-order chi connectivity index (χ0) is 16.6. The fourth-order valence-electron chi connectivity index (χ4n) is 3.15. The lowest BCUT2D eigenvalue weighted by atomic mass is 9.96. The Kier molecular flexibility index (Phi) is 8.28. The molecule has 1 saturated carbocycles. The zero-order valence-electron chi connectivity index (χ0n) is 13.4. The quantitative estimate of drug-likeness (QED) is 0.679. The van der Waals surface area contributed by atoms with E-state index in [9.17, 15) is 17.6 Å². The van der Waals surface area contributed by atoms with Crippen molar-refractivity contribution < 1.29 is 17.6 Å². The summed E-state index contributed by atoms with van der Waals surface area (Å²) in [6.45, 7) is 2.92. The molecule has 0 radical (unpaired) electrons. The number of benzene rings is 1. The number of halogens is 7. The number of piperazine rings is 1. The minimum atomic E-state index is -4.53. The highest BCUT2D eigenvalue weighted by Crippen LogP contribution is 2.43. The maximum absolute atomic E-state index is 14.5. The van der Waals surface area contributed by atoms with E-state index in [0.29, 0.717) is 31.5 Å². The van der Waals surface area contributed by atoms with Gasteiger partial charge in [-0.05, 0) is 24.5 Å². The summed E-state index contributed by atoms with van der Waals surface area (Å²) in [6, 6.07) is 1.27. The molecule has 1 aliphatic heterocycles. The molecule has 0 aromatic heterocycles. The number of nitrogens with one attached hydrogen (secondary N) is 1. The number of hydrogen-bond donors (Lipinski definition) is 1. The Labute approximate surface area is 162 Å². The summed E-state index contributed by atoms with van der Waals surface area (Å²) in [6.07, 6.45) is -1.71. The number of hydrogen-bond acceptors (Lipinski definition) is 2. The topological polar surface area (TPSA) is 15.3 Å². The van der Waals surface area contributed by atoms with Crippen LogP contribution < -0.4 is 5.32 Å². The smallest absolute Gasteiger partial charge is 0.314 e. The molecule has 1 aliphatic carbocycles. The molecular weight excluding hydrogens is 403 g/mol. The lowest BCUT2D eigenvalue weighted by Gasteiger charge is -2.36. The summed E-state index contributed by atoms with van der Waals surface area (Å²) in [5, 5.41) is 2.76. The molecule has 0 amide bonds. The zero-order valence-corrected chi connectivity index (χ0v) is 15.8. The predicted molar refractivity (Wildman–Crippen MR) is 95.4 cm³/mol. The Morgan fingerprint density at radius 3 is 2.28 bits per heavy atom. The average Bonchev–Trinajstić information content (AvgIpc) is 3.32. The summed E-state index contributed by atoms with van der Waals surface area (Å²) in [4.78, 5) is 2.07. The third kappa shape index (κ3) is 5.60. The molecule has 1 heterocycles. The summed E-state index contributed by atoms with van der Waals surface area (Å²) in [5.41, 5.74) is -0.798. The maximum atomic E-state index is 14.5. The average molecular weight is 424 g/mol. The third-order valence-electron chi connectivity index (χ3n) is 4.59. The van der Waals surface area contributed by atoms with Gasteiger partial charge in [-0.25, -0.2) is 4.39 Å². The molecular formula is C16H21Cl3F4N2. The normalized spacial score (nSPS) is 19.7. The van der Waals surface area contributed by atoms with Crippen LogP contribution in [0, 0.1) is 11.7 Å². The SMILES string of the molecule is Cl.Cl.Fc1c(Cl)cc(C(F)(F)F)cc1[C@H](CC1CC1)N1CCNCC1. The van der Waals surface area contributed by atoms with E-state index in [0.717, 1.165) is 32.0 Å². The first-order valence-corrected chi connectivity index (χ1v) is 8.25. The molecule has 1 N–H and O–H groups in total. The fraction of sp³-hybridized carbons (Fsp3) is 0.625. The highest BCUT2D eigenvalue weighted by atomic mass is 35.5.